The van der Waals surface area contributed by atoms with Crippen LogP contribution in [0.3, 0.4) is 0 Å². The number of benzene rings is 1. The van der Waals surface area contributed by atoms with Gasteiger partial charge in [0.05, 0.1) is 23.8 Å². The molecule has 3 heterocycles. The van der Waals surface area contributed by atoms with E-state index in [1.54, 1.807) is 33.8 Å². The highest BCUT2D eigenvalue weighted by atomic mass is 32.2. The van der Waals surface area contributed by atoms with Crippen LogP contribution >= 0.6 is 11.3 Å². The highest BCUT2D eigenvalue weighted by Gasteiger charge is 2.48. The molecule has 2 fully saturated rings. The van der Waals surface area contributed by atoms with Gasteiger partial charge in [-0.1, -0.05) is 12.1 Å². The molecule has 1 saturated heterocycles. The van der Waals surface area contributed by atoms with Crippen LogP contribution in [0.4, 0.5) is 0 Å². The number of aromatic nitrogens is 1. The first kappa shape index (κ1) is 18.5. The minimum atomic E-state index is -3.65. The van der Waals surface area contributed by atoms with Crippen LogP contribution in [-0.4, -0.2) is 54.4 Å². The normalized spacial score (nSPS) is 27.5. The first-order chi connectivity index (χ1) is 13.4. The van der Waals surface area contributed by atoms with Crippen LogP contribution in [0.1, 0.15) is 30.0 Å². The predicted molar refractivity (Wildman–Crippen MR) is 108 cm³/mol. The maximum absolute atomic E-state index is 13.5. The van der Waals surface area contributed by atoms with E-state index < -0.39 is 15.6 Å². The van der Waals surface area contributed by atoms with E-state index in [-0.39, 0.29) is 11.4 Å². The average Bonchev–Trinajstić information content (AvgIpc) is 3.27. The van der Waals surface area contributed by atoms with E-state index in [0.717, 1.165) is 42.7 Å². The molecule has 0 N–H and O–H groups in total. The molecule has 3 aliphatic rings. The van der Waals surface area contributed by atoms with Crippen molar-refractivity contribution in [1.29, 1.82) is 0 Å². The number of hydrogen-bond acceptors (Lipinski definition) is 6. The van der Waals surface area contributed by atoms with Crippen LogP contribution in [0, 0.1) is 12.8 Å². The summed E-state index contributed by atoms with van der Waals surface area (Å²) >= 11 is 1.55. The first-order valence-electron chi connectivity index (χ1n) is 9.85. The minimum absolute atomic E-state index is 0.263. The van der Waals surface area contributed by atoms with Crippen molar-refractivity contribution in [1.82, 2.24) is 14.2 Å². The molecule has 1 unspecified atom stereocenters. The number of ether oxygens (including phenoxy) is 1. The zero-order valence-electron chi connectivity index (χ0n) is 16.0. The molecule has 1 aliphatic carbocycles. The van der Waals surface area contributed by atoms with Gasteiger partial charge in [-0.3, -0.25) is 4.90 Å². The number of fused-ring (bicyclic) bond motifs is 1. The van der Waals surface area contributed by atoms with E-state index >= 15 is 0 Å². The molecule has 1 aromatic heterocycles. The zero-order chi connectivity index (χ0) is 19.4. The fourth-order valence-corrected chi connectivity index (χ4v) is 6.53. The molecule has 0 bridgehead atoms. The van der Waals surface area contributed by atoms with Gasteiger partial charge in [-0.15, -0.1) is 11.3 Å². The minimum Gasteiger partial charge on any atom is -0.483 e. The number of aryl methyl sites for hydroxylation is 1. The summed E-state index contributed by atoms with van der Waals surface area (Å²) in [5.74, 6) is 1.29. The number of sulfonamides is 1. The lowest BCUT2D eigenvalue weighted by molar-refractivity contribution is 0.0572. The molecule has 0 radical (unpaired) electrons. The molecule has 5 rings (SSSR count). The molecule has 2 aliphatic heterocycles. The van der Waals surface area contributed by atoms with Crippen molar-refractivity contribution >= 4 is 21.4 Å². The number of nitrogens with zero attached hydrogens (tertiary/aromatic N) is 3. The monoisotopic (exact) mass is 419 g/mol. The third-order valence-corrected chi connectivity index (χ3v) is 8.53. The fourth-order valence-electron chi connectivity index (χ4n) is 4.32. The second-order valence-corrected chi connectivity index (χ2v) is 11.3. The zero-order valence-corrected chi connectivity index (χ0v) is 17.6. The van der Waals surface area contributed by atoms with Gasteiger partial charge in [0.25, 0.3) is 0 Å². The topological polar surface area (TPSA) is 62.7 Å². The van der Waals surface area contributed by atoms with E-state index in [1.807, 2.05) is 18.4 Å². The Morgan fingerprint density at radius 2 is 2.11 bits per heavy atom. The van der Waals surface area contributed by atoms with E-state index in [1.165, 1.54) is 12.8 Å². The summed E-state index contributed by atoms with van der Waals surface area (Å²) < 4.78 is 34.9. The molecule has 8 heteroatoms. The van der Waals surface area contributed by atoms with Crippen LogP contribution < -0.4 is 4.74 Å². The molecule has 6 nitrogen and oxygen atoms in total. The summed E-state index contributed by atoms with van der Waals surface area (Å²) in [6, 6.07) is 7.05. The van der Waals surface area contributed by atoms with E-state index in [4.69, 9.17) is 4.74 Å². The van der Waals surface area contributed by atoms with Crippen molar-refractivity contribution in [3.63, 3.8) is 0 Å². The average molecular weight is 420 g/mol. The third kappa shape index (κ3) is 3.47. The standard InChI is InChI=1S/C20H25N3O3S2/c1-15-21-17(12-27-15)11-23-14-20(8-9-22(13-20)10-16-6-7-16)26-18-4-2-3-5-19(18)28(23,24)25/h2-5,12,16H,6-11,13-14H2,1H3. The lowest BCUT2D eigenvalue weighted by Crippen LogP contribution is -2.49. The van der Waals surface area contributed by atoms with Gasteiger partial charge in [-0.2, -0.15) is 4.31 Å². The smallest absolute Gasteiger partial charge is 0.247 e. The second kappa shape index (κ2) is 6.79. The Morgan fingerprint density at radius 3 is 2.86 bits per heavy atom. The lowest BCUT2D eigenvalue weighted by Gasteiger charge is -2.32. The quantitative estimate of drug-likeness (QED) is 0.763. The van der Waals surface area contributed by atoms with E-state index in [2.05, 4.69) is 9.88 Å². The summed E-state index contributed by atoms with van der Waals surface area (Å²) in [4.78, 5) is 7.21. The Kier molecular flexibility index (Phi) is 4.50. The van der Waals surface area contributed by atoms with Gasteiger partial charge >= 0.3 is 0 Å². The Balaban J connectivity index is 1.50. The van der Waals surface area contributed by atoms with Gasteiger partial charge in [0.1, 0.15) is 16.2 Å². The Morgan fingerprint density at radius 1 is 1.29 bits per heavy atom. The van der Waals surface area contributed by atoms with Crippen LogP contribution in [0.25, 0.3) is 0 Å². The maximum Gasteiger partial charge on any atom is 0.247 e. The molecule has 1 saturated carbocycles. The third-order valence-electron chi connectivity index (χ3n) is 5.87. The fraction of sp³-hybridized carbons (Fsp3) is 0.550. The molecule has 1 aromatic carbocycles. The summed E-state index contributed by atoms with van der Waals surface area (Å²) in [5, 5.41) is 2.90. The molecular weight excluding hydrogens is 394 g/mol. The SMILES string of the molecule is Cc1nc(CN2CC3(CCN(CC4CC4)C3)Oc3ccccc3S2(=O)=O)cs1. The molecular formula is C20H25N3O3S2. The van der Waals surface area contributed by atoms with Gasteiger partial charge in [-0.25, -0.2) is 13.4 Å². The molecule has 1 spiro atoms. The predicted octanol–water partition coefficient (Wildman–Crippen LogP) is 2.89. The number of thiazole rings is 1. The van der Waals surface area contributed by atoms with E-state index in [0.29, 0.717) is 12.3 Å². The highest BCUT2D eigenvalue weighted by Crippen LogP contribution is 2.40. The maximum atomic E-state index is 13.5. The summed E-state index contributed by atoms with van der Waals surface area (Å²) in [6.07, 6.45) is 3.48. The van der Waals surface area contributed by atoms with Gasteiger partial charge < -0.3 is 4.74 Å². The summed E-state index contributed by atoms with van der Waals surface area (Å²) in [5.41, 5.74) is 0.299. The first-order valence-corrected chi connectivity index (χ1v) is 12.2. The van der Waals surface area contributed by atoms with Crippen LogP contribution in [0.5, 0.6) is 5.75 Å². The molecule has 150 valence electrons. The van der Waals surface area contributed by atoms with Gasteiger partial charge in [0, 0.05) is 31.4 Å². The van der Waals surface area contributed by atoms with Crippen LogP contribution in [0.2, 0.25) is 0 Å². The Labute approximate surface area is 170 Å². The molecule has 28 heavy (non-hydrogen) atoms. The van der Waals surface area contributed by atoms with Crippen LogP contribution in [-0.2, 0) is 16.6 Å². The highest BCUT2D eigenvalue weighted by molar-refractivity contribution is 7.89. The number of rotatable bonds is 4. The summed E-state index contributed by atoms with van der Waals surface area (Å²) in [7, 11) is -3.65. The second-order valence-electron chi connectivity index (χ2n) is 8.29. The number of likely N-dealkylation sites (tertiary alicyclic amines) is 1. The Hall–Kier alpha value is -1.48. The van der Waals surface area contributed by atoms with Crippen molar-refractivity contribution in [3.05, 3.63) is 40.3 Å². The largest absolute Gasteiger partial charge is 0.483 e. The van der Waals surface area contributed by atoms with Crippen molar-refractivity contribution in [2.75, 3.05) is 26.2 Å². The summed E-state index contributed by atoms with van der Waals surface area (Å²) in [6.45, 7) is 5.43. The lowest BCUT2D eigenvalue weighted by atomic mass is 10.0. The van der Waals surface area contributed by atoms with Crippen molar-refractivity contribution in [3.8, 4) is 5.75 Å². The van der Waals surface area contributed by atoms with Crippen molar-refractivity contribution < 1.29 is 13.2 Å². The van der Waals surface area contributed by atoms with Crippen LogP contribution in [0.15, 0.2) is 34.5 Å². The van der Waals surface area contributed by atoms with Crippen molar-refractivity contribution in [2.24, 2.45) is 5.92 Å². The molecule has 0 amide bonds. The number of para-hydroxylation sites is 1. The molecule has 1 atom stereocenters. The van der Waals surface area contributed by atoms with Gasteiger partial charge in [0.2, 0.25) is 10.0 Å². The number of hydrogen-bond donors (Lipinski definition) is 0. The van der Waals surface area contributed by atoms with Gasteiger partial charge in [-0.05, 0) is 37.8 Å². The van der Waals surface area contributed by atoms with E-state index in [9.17, 15) is 8.42 Å². The van der Waals surface area contributed by atoms with Gasteiger partial charge in [0.15, 0.2) is 0 Å². The Bertz CT molecular complexity index is 986. The molecule has 2 aromatic rings. The van der Waals surface area contributed by atoms with Crippen molar-refractivity contribution in [2.45, 2.75) is 43.2 Å².